The molecule has 2 aliphatic rings. The Kier molecular flexibility index (Phi) is 6.98. The zero-order chi connectivity index (χ0) is 20.2. The zero-order valence-corrected chi connectivity index (χ0v) is 16.9. The molecule has 6 nitrogen and oxygen atoms in total. The summed E-state index contributed by atoms with van der Waals surface area (Å²) < 4.78 is 16.3. The second-order valence-corrected chi connectivity index (χ2v) is 7.83. The number of carbonyl (C=O) groups excluding carboxylic acids is 3. The predicted molar refractivity (Wildman–Crippen MR) is 99.9 cm³/mol. The molecule has 0 aromatic carbocycles. The maximum absolute atomic E-state index is 13.0. The summed E-state index contributed by atoms with van der Waals surface area (Å²) in [5.74, 6) is -0.886. The Balaban J connectivity index is 2.25. The standard InChI is InChI=1S/C21H30O6/c1-13(2)7-6-8-14(3)9-19-21(12-20(24)27-19)11-17(26-15(4)22)16(25-5)10-18(21)23/h7,9,16-17,19H,6,8,10-12H2,1-5H3/t16-,17+,19-,21+/m1/s1. The van der Waals surface area contributed by atoms with Gasteiger partial charge in [0.1, 0.15) is 24.1 Å². The average Bonchev–Trinajstić information content (AvgIpc) is 2.85. The molecule has 1 spiro atoms. The summed E-state index contributed by atoms with van der Waals surface area (Å²) in [4.78, 5) is 36.5. The smallest absolute Gasteiger partial charge is 0.307 e. The molecule has 27 heavy (non-hydrogen) atoms. The Hall–Kier alpha value is -1.95. The molecule has 150 valence electrons. The predicted octanol–water partition coefficient (Wildman–Crippen LogP) is 3.29. The molecule has 0 aromatic heterocycles. The van der Waals surface area contributed by atoms with Gasteiger partial charge in [-0.3, -0.25) is 14.4 Å². The Labute approximate surface area is 160 Å². The molecule has 2 rings (SSSR count). The van der Waals surface area contributed by atoms with Crippen molar-refractivity contribution in [3.63, 3.8) is 0 Å². The van der Waals surface area contributed by atoms with Crippen LogP contribution in [0.2, 0.25) is 0 Å². The molecule has 0 amide bonds. The van der Waals surface area contributed by atoms with Crippen molar-refractivity contribution in [1.29, 1.82) is 0 Å². The zero-order valence-electron chi connectivity index (χ0n) is 16.9. The first kappa shape index (κ1) is 21.4. The number of cyclic esters (lactones) is 1. The third-order valence-corrected chi connectivity index (χ3v) is 5.33. The number of methoxy groups -OCH3 is 1. The van der Waals surface area contributed by atoms with Crippen LogP contribution in [0.5, 0.6) is 0 Å². The second kappa shape index (κ2) is 8.83. The van der Waals surface area contributed by atoms with Crippen molar-refractivity contribution in [3.05, 3.63) is 23.3 Å². The lowest BCUT2D eigenvalue weighted by atomic mass is 9.66. The van der Waals surface area contributed by atoms with Gasteiger partial charge in [-0.15, -0.1) is 0 Å². The summed E-state index contributed by atoms with van der Waals surface area (Å²) in [5, 5.41) is 0. The average molecular weight is 378 g/mol. The Bertz CT molecular complexity index is 658. The lowest BCUT2D eigenvalue weighted by Crippen LogP contribution is -2.52. The minimum atomic E-state index is -0.982. The van der Waals surface area contributed by atoms with Gasteiger partial charge in [0.15, 0.2) is 0 Å². The number of carbonyl (C=O) groups is 3. The fourth-order valence-corrected chi connectivity index (χ4v) is 3.91. The number of ketones is 1. The van der Waals surface area contributed by atoms with Crippen molar-refractivity contribution >= 4 is 17.7 Å². The topological polar surface area (TPSA) is 78.9 Å². The largest absolute Gasteiger partial charge is 0.460 e. The maximum Gasteiger partial charge on any atom is 0.307 e. The summed E-state index contributed by atoms with van der Waals surface area (Å²) in [6.07, 6.45) is 4.44. The molecule has 6 heteroatoms. The number of ether oxygens (including phenoxy) is 3. The molecule has 0 bridgehead atoms. The van der Waals surface area contributed by atoms with E-state index >= 15 is 0 Å². The summed E-state index contributed by atoms with van der Waals surface area (Å²) in [6, 6.07) is 0. The number of hydrogen-bond acceptors (Lipinski definition) is 6. The molecular weight excluding hydrogens is 348 g/mol. The minimum Gasteiger partial charge on any atom is -0.460 e. The molecule has 1 heterocycles. The molecule has 1 saturated carbocycles. The molecule has 0 aromatic rings. The van der Waals surface area contributed by atoms with Gasteiger partial charge in [-0.05, 0) is 39.7 Å². The van der Waals surface area contributed by atoms with Gasteiger partial charge < -0.3 is 14.2 Å². The first-order valence-electron chi connectivity index (χ1n) is 9.41. The van der Waals surface area contributed by atoms with Crippen LogP contribution >= 0.6 is 0 Å². The number of hydrogen-bond donors (Lipinski definition) is 0. The Morgan fingerprint density at radius 3 is 2.52 bits per heavy atom. The molecule has 0 radical (unpaired) electrons. The number of esters is 2. The Morgan fingerprint density at radius 1 is 1.22 bits per heavy atom. The van der Waals surface area contributed by atoms with Gasteiger partial charge in [0.05, 0.1) is 11.8 Å². The van der Waals surface area contributed by atoms with Gasteiger partial charge >= 0.3 is 11.9 Å². The summed E-state index contributed by atoms with van der Waals surface area (Å²) in [7, 11) is 1.49. The molecular formula is C21H30O6. The molecule has 0 unspecified atom stereocenters. The molecule has 2 fully saturated rings. The van der Waals surface area contributed by atoms with Crippen LogP contribution in [0.4, 0.5) is 0 Å². The molecule has 1 saturated heterocycles. The van der Waals surface area contributed by atoms with E-state index in [9.17, 15) is 14.4 Å². The maximum atomic E-state index is 13.0. The van der Waals surface area contributed by atoms with Crippen LogP contribution in [0.15, 0.2) is 23.3 Å². The van der Waals surface area contributed by atoms with Crippen LogP contribution in [-0.4, -0.2) is 43.1 Å². The van der Waals surface area contributed by atoms with Crippen molar-refractivity contribution in [1.82, 2.24) is 0 Å². The minimum absolute atomic E-state index is 0.0163. The monoisotopic (exact) mass is 378 g/mol. The highest BCUT2D eigenvalue weighted by atomic mass is 16.6. The summed E-state index contributed by atoms with van der Waals surface area (Å²) in [5.41, 5.74) is 1.34. The van der Waals surface area contributed by atoms with E-state index < -0.39 is 29.7 Å². The van der Waals surface area contributed by atoms with E-state index in [2.05, 4.69) is 19.9 Å². The van der Waals surface area contributed by atoms with E-state index in [-0.39, 0.29) is 31.0 Å². The highest BCUT2D eigenvalue weighted by Crippen LogP contribution is 2.47. The number of Topliss-reactive ketones (excluding diaryl/α,β-unsaturated/α-hetero) is 1. The van der Waals surface area contributed by atoms with Gasteiger partial charge in [0, 0.05) is 26.9 Å². The van der Waals surface area contributed by atoms with Crippen LogP contribution < -0.4 is 0 Å². The molecule has 4 atom stereocenters. The normalized spacial score (nSPS) is 31.0. The Morgan fingerprint density at radius 2 is 1.93 bits per heavy atom. The first-order valence-corrected chi connectivity index (χ1v) is 9.41. The van der Waals surface area contributed by atoms with Crippen LogP contribution in [0.1, 0.15) is 59.8 Å². The van der Waals surface area contributed by atoms with Gasteiger partial charge in [0.25, 0.3) is 0 Å². The van der Waals surface area contributed by atoms with Crippen molar-refractivity contribution in [2.45, 2.75) is 78.1 Å². The first-order chi connectivity index (χ1) is 12.7. The third-order valence-electron chi connectivity index (χ3n) is 5.33. The van der Waals surface area contributed by atoms with Crippen molar-refractivity contribution in [3.8, 4) is 0 Å². The van der Waals surface area contributed by atoms with Gasteiger partial charge in [0.2, 0.25) is 0 Å². The number of allylic oxidation sites excluding steroid dienone is 3. The third kappa shape index (κ3) is 5.06. The quantitative estimate of drug-likeness (QED) is 0.521. The van der Waals surface area contributed by atoms with Crippen LogP contribution in [0, 0.1) is 5.41 Å². The lowest BCUT2D eigenvalue weighted by Gasteiger charge is -2.40. The molecule has 1 aliphatic carbocycles. The van der Waals surface area contributed by atoms with Gasteiger partial charge in [-0.1, -0.05) is 17.2 Å². The van der Waals surface area contributed by atoms with E-state index in [4.69, 9.17) is 14.2 Å². The van der Waals surface area contributed by atoms with Crippen LogP contribution in [-0.2, 0) is 28.6 Å². The summed E-state index contributed by atoms with van der Waals surface area (Å²) >= 11 is 0. The van der Waals surface area contributed by atoms with E-state index in [1.165, 1.54) is 19.6 Å². The van der Waals surface area contributed by atoms with Crippen molar-refractivity contribution in [2.75, 3.05) is 7.11 Å². The second-order valence-electron chi connectivity index (χ2n) is 7.83. The summed E-state index contributed by atoms with van der Waals surface area (Å²) in [6.45, 7) is 7.41. The van der Waals surface area contributed by atoms with Gasteiger partial charge in [-0.2, -0.15) is 0 Å². The van der Waals surface area contributed by atoms with Crippen molar-refractivity contribution in [2.24, 2.45) is 5.41 Å². The van der Waals surface area contributed by atoms with Crippen LogP contribution in [0.25, 0.3) is 0 Å². The highest BCUT2D eigenvalue weighted by Gasteiger charge is 2.58. The fraction of sp³-hybridized carbons (Fsp3) is 0.667. The van der Waals surface area contributed by atoms with E-state index in [1.54, 1.807) is 0 Å². The number of rotatable bonds is 6. The SMILES string of the molecule is CO[C@@H]1CC(=O)[C@@]2(CC(=O)O[C@@H]2C=C(C)CCC=C(C)C)C[C@@H]1OC(C)=O. The van der Waals surface area contributed by atoms with E-state index in [0.29, 0.717) is 0 Å². The van der Waals surface area contributed by atoms with Gasteiger partial charge in [-0.25, -0.2) is 0 Å². The van der Waals surface area contributed by atoms with Crippen LogP contribution in [0.3, 0.4) is 0 Å². The van der Waals surface area contributed by atoms with E-state index in [1.807, 2.05) is 13.0 Å². The molecule has 0 N–H and O–H groups in total. The van der Waals surface area contributed by atoms with E-state index in [0.717, 1.165) is 18.4 Å². The highest BCUT2D eigenvalue weighted by molar-refractivity contribution is 5.93. The lowest BCUT2D eigenvalue weighted by molar-refractivity contribution is -0.169. The fourth-order valence-electron chi connectivity index (χ4n) is 3.91. The van der Waals surface area contributed by atoms with Crippen molar-refractivity contribution < 1.29 is 28.6 Å². The molecule has 1 aliphatic heterocycles.